The molecule has 6 heteroatoms. The van der Waals surface area contributed by atoms with Crippen LogP contribution in [0.3, 0.4) is 0 Å². The molecule has 0 fully saturated rings. The van der Waals surface area contributed by atoms with Gasteiger partial charge in [-0.3, -0.25) is 0 Å². The molecule has 0 amide bonds. The minimum atomic E-state index is -4.23. The maximum atomic E-state index is 11.8. The molecule has 0 aliphatic rings. The Bertz CT molecular complexity index is 295. The second-order valence-corrected chi connectivity index (χ2v) is 3.13. The lowest BCUT2D eigenvalue weighted by molar-refractivity contribution is -0.140. The second-order valence-electron chi connectivity index (χ2n) is 3.13. The van der Waals surface area contributed by atoms with E-state index < -0.39 is 18.7 Å². The number of imidazole rings is 1. The minimum Gasteiger partial charge on any atom is -0.387 e. The first kappa shape index (κ1) is 11.0. The van der Waals surface area contributed by atoms with E-state index in [2.05, 4.69) is 4.98 Å². The number of rotatable bonds is 3. The van der Waals surface area contributed by atoms with Crippen molar-refractivity contribution in [3.05, 3.63) is 18.2 Å². The largest absolute Gasteiger partial charge is 0.389 e. The quantitative estimate of drug-likeness (QED) is 0.822. The molecule has 0 spiro atoms. The first-order valence-corrected chi connectivity index (χ1v) is 4.11. The van der Waals surface area contributed by atoms with Crippen molar-refractivity contribution in [1.29, 1.82) is 0 Å². The topological polar surface area (TPSA) is 38.0 Å². The maximum absolute atomic E-state index is 11.8. The van der Waals surface area contributed by atoms with Crippen molar-refractivity contribution in [1.82, 2.24) is 9.55 Å². The zero-order chi connectivity index (χ0) is 10.8. The van der Waals surface area contributed by atoms with E-state index in [0.717, 1.165) is 0 Å². The Morgan fingerprint density at radius 3 is 2.64 bits per heavy atom. The maximum Gasteiger partial charge on any atom is 0.389 e. The fourth-order valence-corrected chi connectivity index (χ4v) is 1.05. The van der Waals surface area contributed by atoms with Crippen molar-refractivity contribution in [2.75, 3.05) is 0 Å². The van der Waals surface area contributed by atoms with Gasteiger partial charge in [-0.05, 0) is 6.42 Å². The number of aliphatic hydroxyl groups is 1. The van der Waals surface area contributed by atoms with E-state index in [0.29, 0.717) is 0 Å². The molecule has 1 unspecified atom stereocenters. The summed E-state index contributed by atoms with van der Waals surface area (Å²) in [5, 5.41) is 9.32. The van der Waals surface area contributed by atoms with Crippen LogP contribution in [-0.4, -0.2) is 20.8 Å². The summed E-state index contributed by atoms with van der Waals surface area (Å²) in [6.07, 6.45) is -3.77. The van der Waals surface area contributed by atoms with Crippen LogP contribution >= 0.6 is 0 Å². The molecule has 1 atom stereocenters. The van der Waals surface area contributed by atoms with E-state index in [-0.39, 0.29) is 12.1 Å². The first-order valence-electron chi connectivity index (χ1n) is 4.11. The van der Waals surface area contributed by atoms with Crippen molar-refractivity contribution in [2.45, 2.75) is 25.1 Å². The first-order chi connectivity index (χ1) is 6.38. The predicted molar refractivity (Wildman–Crippen MR) is 43.5 cm³/mol. The molecule has 1 aromatic heterocycles. The SMILES string of the molecule is Cn1cnc(C(O)CCC(F)(F)F)c1. The highest BCUT2D eigenvalue weighted by atomic mass is 19.4. The van der Waals surface area contributed by atoms with E-state index in [1.807, 2.05) is 0 Å². The summed E-state index contributed by atoms with van der Waals surface area (Å²) in [6, 6.07) is 0. The summed E-state index contributed by atoms with van der Waals surface area (Å²) in [5.74, 6) is 0. The molecule has 3 nitrogen and oxygen atoms in total. The summed E-state index contributed by atoms with van der Waals surface area (Å²) in [7, 11) is 1.69. The van der Waals surface area contributed by atoms with Crippen LogP contribution in [0.2, 0.25) is 0 Å². The molecule has 0 radical (unpaired) electrons. The average Bonchev–Trinajstić information content (AvgIpc) is 2.46. The molecule has 0 aromatic carbocycles. The predicted octanol–water partition coefficient (Wildman–Crippen LogP) is 1.80. The third-order valence-electron chi connectivity index (χ3n) is 1.77. The third kappa shape index (κ3) is 3.37. The lowest BCUT2D eigenvalue weighted by Crippen LogP contribution is -2.10. The van der Waals surface area contributed by atoms with Crippen LogP contribution < -0.4 is 0 Å². The Labute approximate surface area is 79.2 Å². The van der Waals surface area contributed by atoms with Crippen LogP contribution in [0.25, 0.3) is 0 Å². The highest BCUT2D eigenvalue weighted by Gasteiger charge is 2.28. The van der Waals surface area contributed by atoms with E-state index >= 15 is 0 Å². The monoisotopic (exact) mass is 208 g/mol. The number of aliphatic hydroxyl groups excluding tert-OH is 1. The van der Waals surface area contributed by atoms with Crippen LogP contribution in [0.5, 0.6) is 0 Å². The van der Waals surface area contributed by atoms with Gasteiger partial charge in [-0.25, -0.2) is 4.98 Å². The molecule has 1 rings (SSSR count). The molecule has 0 bridgehead atoms. The van der Waals surface area contributed by atoms with Gasteiger partial charge in [0.1, 0.15) is 0 Å². The molecule has 80 valence electrons. The highest BCUT2D eigenvalue weighted by molar-refractivity contribution is 5.00. The van der Waals surface area contributed by atoms with Crippen LogP contribution in [0.4, 0.5) is 13.2 Å². The van der Waals surface area contributed by atoms with E-state index in [4.69, 9.17) is 0 Å². The Balaban J connectivity index is 2.47. The zero-order valence-electron chi connectivity index (χ0n) is 7.62. The molecule has 0 aliphatic heterocycles. The third-order valence-corrected chi connectivity index (χ3v) is 1.77. The molecule has 0 saturated carbocycles. The molecule has 1 N–H and O–H groups in total. The van der Waals surface area contributed by atoms with Gasteiger partial charge in [0.2, 0.25) is 0 Å². The molecule has 14 heavy (non-hydrogen) atoms. The Hall–Kier alpha value is -1.04. The molecule has 1 aromatic rings. The number of halogens is 3. The van der Waals surface area contributed by atoms with Crippen molar-refractivity contribution in [3.63, 3.8) is 0 Å². The molecule has 0 saturated heterocycles. The minimum absolute atomic E-state index is 0.275. The van der Waals surface area contributed by atoms with Gasteiger partial charge in [-0.2, -0.15) is 13.2 Å². The Kier molecular flexibility index (Phi) is 3.15. The fraction of sp³-hybridized carbons (Fsp3) is 0.625. The van der Waals surface area contributed by atoms with E-state index in [1.165, 1.54) is 12.5 Å². The number of hydrogen-bond donors (Lipinski definition) is 1. The van der Waals surface area contributed by atoms with Gasteiger partial charge in [-0.15, -0.1) is 0 Å². The van der Waals surface area contributed by atoms with Crippen molar-refractivity contribution >= 4 is 0 Å². The number of aromatic nitrogens is 2. The van der Waals surface area contributed by atoms with Crippen LogP contribution in [0.15, 0.2) is 12.5 Å². The summed E-state index contributed by atoms with van der Waals surface area (Å²) in [4.78, 5) is 3.76. The number of alkyl halides is 3. The van der Waals surface area contributed by atoms with Gasteiger partial charge in [0.25, 0.3) is 0 Å². The van der Waals surface area contributed by atoms with Gasteiger partial charge in [0.05, 0.1) is 18.1 Å². The molecular formula is C8H11F3N2O. The molecule has 1 heterocycles. The Morgan fingerprint density at radius 2 is 2.21 bits per heavy atom. The smallest absolute Gasteiger partial charge is 0.387 e. The van der Waals surface area contributed by atoms with Crippen molar-refractivity contribution < 1.29 is 18.3 Å². The van der Waals surface area contributed by atoms with Crippen molar-refractivity contribution in [3.8, 4) is 0 Å². The van der Waals surface area contributed by atoms with Crippen molar-refractivity contribution in [2.24, 2.45) is 7.05 Å². The lowest BCUT2D eigenvalue weighted by Gasteiger charge is -2.09. The van der Waals surface area contributed by atoms with Crippen LogP contribution in [0.1, 0.15) is 24.6 Å². The van der Waals surface area contributed by atoms with Gasteiger partial charge in [0, 0.05) is 19.7 Å². The lowest BCUT2D eigenvalue weighted by atomic mass is 10.1. The van der Waals surface area contributed by atoms with Crippen LogP contribution in [0, 0.1) is 0 Å². The molecule has 0 aliphatic carbocycles. The summed E-state index contributed by atoms with van der Waals surface area (Å²) >= 11 is 0. The number of hydrogen-bond acceptors (Lipinski definition) is 2. The van der Waals surface area contributed by atoms with E-state index in [1.54, 1.807) is 11.6 Å². The Morgan fingerprint density at radius 1 is 1.57 bits per heavy atom. The summed E-state index contributed by atoms with van der Waals surface area (Å²) < 4.78 is 37.0. The van der Waals surface area contributed by atoms with Gasteiger partial charge in [0.15, 0.2) is 0 Å². The summed E-state index contributed by atoms with van der Waals surface area (Å²) in [6.45, 7) is 0. The van der Waals surface area contributed by atoms with Crippen LogP contribution in [-0.2, 0) is 7.05 Å². The zero-order valence-corrected chi connectivity index (χ0v) is 7.62. The highest BCUT2D eigenvalue weighted by Crippen LogP contribution is 2.26. The van der Waals surface area contributed by atoms with Gasteiger partial charge >= 0.3 is 6.18 Å². The van der Waals surface area contributed by atoms with Gasteiger partial charge in [-0.1, -0.05) is 0 Å². The second kappa shape index (κ2) is 4.00. The normalized spacial score (nSPS) is 14.4. The summed E-state index contributed by atoms with van der Waals surface area (Å²) in [5.41, 5.74) is 0.275. The number of nitrogens with zero attached hydrogens (tertiary/aromatic N) is 2. The average molecular weight is 208 g/mol. The fourth-order valence-electron chi connectivity index (χ4n) is 1.05. The standard InChI is InChI=1S/C8H11F3N2O/c1-13-4-6(12-5-13)7(14)2-3-8(9,10)11/h4-5,7,14H,2-3H2,1H3. The van der Waals surface area contributed by atoms with Gasteiger partial charge < -0.3 is 9.67 Å². The molecular weight excluding hydrogens is 197 g/mol. The number of aryl methyl sites for hydroxylation is 1. The van der Waals surface area contributed by atoms with E-state index in [9.17, 15) is 18.3 Å².